The van der Waals surface area contributed by atoms with E-state index in [9.17, 15) is 98.1 Å². The summed E-state index contributed by atoms with van der Waals surface area (Å²) < 4.78 is 247. The molecule has 0 spiro atoms. The third-order valence-corrected chi connectivity index (χ3v) is 6.58. The Balaban J connectivity index is 6.46. The van der Waals surface area contributed by atoms with Crippen LogP contribution in [0.4, 0.5) is 74.6 Å². The van der Waals surface area contributed by atoms with Gasteiger partial charge in [0, 0.05) is 13.0 Å². The van der Waals surface area contributed by atoms with E-state index < -0.39 is 93.2 Å². The van der Waals surface area contributed by atoms with Crippen LogP contribution < -0.4 is 9.83 Å². The van der Waals surface area contributed by atoms with Gasteiger partial charge in [-0.3, -0.25) is 4.48 Å². The van der Waals surface area contributed by atoms with Crippen LogP contribution in [0.25, 0.3) is 0 Å². The largest absolute Gasteiger partial charge is 0.544 e. The predicted octanol–water partition coefficient (Wildman–Crippen LogP) is 2.41. The summed E-state index contributed by atoms with van der Waals surface area (Å²) in [7, 11) is -5.76. The highest BCUT2D eigenvalue weighted by Crippen LogP contribution is 2.64. The minimum atomic E-state index is -8.94. The van der Waals surface area contributed by atoms with Crippen molar-refractivity contribution >= 4 is 16.0 Å². The molecule has 0 aliphatic carbocycles. The molecule has 0 radical (unpaired) electrons. The molecule has 0 rings (SSSR count). The van der Waals surface area contributed by atoms with Gasteiger partial charge in [0.25, 0.3) is 10.0 Å². The summed E-state index contributed by atoms with van der Waals surface area (Å²) in [6, 6.07) is 0. The summed E-state index contributed by atoms with van der Waals surface area (Å²) >= 11 is 0. The Hall–Kier alpha value is -1.89. The van der Waals surface area contributed by atoms with Crippen molar-refractivity contribution in [2.45, 2.75) is 59.6 Å². The number of alkyl halides is 17. The summed E-state index contributed by atoms with van der Waals surface area (Å²) in [5.41, 5.74) is 0. The number of halogens is 17. The number of carboxylic acids is 1. The van der Waals surface area contributed by atoms with E-state index in [1.807, 2.05) is 0 Å². The number of hydrogen-bond acceptors (Lipinski definition) is 5. The van der Waals surface area contributed by atoms with E-state index in [0.29, 0.717) is 4.72 Å². The van der Waals surface area contributed by atoms with Gasteiger partial charge in [0.05, 0.1) is 20.1 Å². The van der Waals surface area contributed by atoms with E-state index in [-0.39, 0.29) is 0 Å². The zero-order valence-electron chi connectivity index (χ0n) is 19.1. The molecule has 1 unspecified atom stereocenters. The Kier molecular flexibility index (Phi) is 9.94. The number of carboxylic acid groups (broad SMARTS) is 1. The number of nitrogens with zero attached hydrogens (tertiary/aromatic N) is 1. The van der Waals surface area contributed by atoms with Crippen molar-refractivity contribution in [1.82, 2.24) is 4.72 Å². The van der Waals surface area contributed by atoms with Crippen molar-refractivity contribution in [3.63, 3.8) is 0 Å². The van der Waals surface area contributed by atoms with E-state index >= 15 is 0 Å². The standard InChI is InChI=1S/C15H15F17N2O5S/c1-34(2,5-7(36)37)6(35)3-4-33-40(38,39)15(31,32)13(26,27)11(22,23)9(18,19)8(16,17)10(20,21)12(24,25)14(28,29)30/h6,33,35H,3-5H2,1-2H3. The van der Waals surface area contributed by atoms with Crippen molar-refractivity contribution in [2.75, 3.05) is 27.2 Å². The lowest BCUT2D eigenvalue weighted by Crippen LogP contribution is -2.75. The third-order valence-electron chi connectivity index (χ3n) is 5.07. The van der Waals surface area contributed by atoms with Crippen molar-refractivity contribution < 1.29 is 103 Å². The van der Waals surface area contributed by atoms with Crippen LogP contribution in [-0.4, -0.2) is 104 Å². The molecule has 240 valence electrons. The Labute approximate surface area is 211 Å². The molecule has 2 N–H and O–H groups in total. The molecular formula is C15H15F17N2O5S. The van der Waals surface area contributed by atoms with Crippen LogP contribution in [0, 0.1) is 0 Å². The maximum absolute atomic E-state index is 13.9. The molecule has 1 atom stereocenters. The van der Waals surface area contributed by atoms with Crippen LogP contribution in [0.1, 0.15) is 6.42 Å². The fourth-order valence-electron chi connectivity index (χ4n) is 2.52. The van der Waals surface area contributed by atoms with Gasteiger partial charge in [-0.15, -0.1) is 0 Å². The number of nitrogens with one attached hydrogen (secondary N) is 1. The van der Waals surface area contributed by atoms with E-state index in [4.69, 9.17) is 0 Å². The Bertz CT molecular complexity index is 1040. The fraction of sp³-hybridized carbons (Fsp3) is 0.933. The Morgan fingerprint density at radius 2 is 1.05 bits per heavy atom. The average Bonchev–Trinajstić information content (AvgIpc) is 2.70. The zero-order valence-corrected chi connectivity index (χ0v) is 19.9. The normalized spacial score (nSPS) is 16.7. The number of carbonyl (C=O) groups excluding carboxylic acids is 1. The van der Waals surface area contributed by atoms with Crippen molar-refractivity contribution in [1.29, 1.82) is 0 Å². The monoisotopic (exact) mass is 658 g/mol. The van der Waals surface area contributed by atoms with Crippen LogP contribution in [0.3, 0.4) is 0 Å². The van der Waals surface area contributed by atoms with Crippen LogP contribution in [-0.2, 0) is 14.8 Å². The number of hydrogen-bond donors (Lipinski definition) is 2. The van der Waals surface area contributed by atoms with Crippen LogP contribution in [0.15, 0.2) is 0 Å². The van der Waals surface area contributed by atoms with Gasteiger partial charge in [-0.25, -0.2) is 13.1 Å². The smallest absolute Gasteiger partial charge is 0.460 e. The van der Waals surface area contributed by atoms with Gasteiger partial charge in [0.1, 0.15) is 6.54 Å². The molecule has 0 aromatic heterocycles. The molecule has 0 aromatic carbocycles. The number of aliphatic hydroxyl groups excluding tert-OH is 1. The average molecular weight is 658 g/mol. The molecule has 0 aromatic rings. The van der Waals surface area contributed by atoms with Crippen molar-refractivity contribution in [3.05, 3.63) is 0 Å². The number of carbonyl (C=O) groups is 1. The molecular weight excluding hydrogens is 643 g/mol. The topological polar surface area (TPSA) is 107 Å². The van der Waals surface area contributed by atoms with Gasteiger partial charge >= 0.3 is 47.0 Å². The fourth-order valence-corrected chi connectivity index (χ4v) is 3.55. The van der Waals surface area contributed by atoms with Crippen LogP contribution in [0.5, 0.6) is 0 Å². The predicted molar refractivity (Wildman–Crippen MR) is 90.2 cm³/mol. The number of sulfonamides is 1. The van der Waals surface area contributed by atoms with Crippen LogP contribution >= 0.6 is 0 Å². The van der Waals surface area contributed by atoms with Crippen LogP contribution in [0.2, 0.25) is 0 Å². The Morgan fingerprint density at radius 3 is 1.38 bits per heavy atom. The quantitative estimate of drug-likeness (QED) is 0.170. The number of likely N-dealkylation sites (N-methyl/N-ethyl adjacent to an activating group) is 1. The lowest BCUT2D eigenvalue weighted by molar-refractivity contribution is -0.931. The number of aliphatic carboxylic acids is 1. The molecule has 0 fully saturated rings. The van der Waals surface area contributed by atoms with E-state index in [0.717, 1.165) is 14.1 Å². The highest BCUT2D eigenvalue weighted by Gasteiger charge is 2.96. The molecule has 0 saturated carbocycles. The van der Waals surface area contributed by atoms with Crippen molar-refractivity contribution in [3.8, 4) is 0 Å². The summed E-state index contributed by atoms with van der Waals surface area (Å²) in [5, 5.41) is 12.5. The second-order valence-corrected chi connectivity index (χ2v) is 10.2. The molecule has 0 bridgehead atoms. The molecule has 0 amide bonds. The van der Waals surface area contributed by atoms with Gasteiger partial charge in [-0.1, -0.05) is 0 Å². The van der Waals surface area contributed by atoms with Gasteiger partial charge < -0.3 is 15.0 Å². The summed E-state index contributed by atoms with van der Waals surface area (Å²) in [6.45, 7) is -2.81. The second-order valence-electron chi connectivity index (χ2n) is 8.44. The molecule has 40 heavy (non-hydrogen) atoms. The first kappa shape index (κ1) is 38.1. The van der Waals surface area contributed by atoms with E-state index in [1.54, 1.807) is 0 Å². The second kappa shape index (κ2) is 10.4. The first-order valence-corrected chi connectivity index (χ1v) is 10.9. The molecule has 0 saturated heterocycles. The molecule has 0 heterocycles. The van der Waals surface area contributed by atoms with Gasteiger partial charge in [-0.05, 0) is 0 Å². The summed E-state index contributed by atoms with van der Waals surface area (Å²) in [4.78, 5) is 10.5. The van der Waals surface area contributed by atoms with Gasteiger partial charge in [0.15, 0.2) is 6.23 Å². The van der Waals surface area contributed by atoms with E-state index in [1.165, 1.54) is 0 Å². The molecule has 7 nitrogen and oxygen atoms in total. The van der Waals surface area contributed by atoms with E-state index in [2.05, 4.69) is 0 Å². The minimum absolute atomic E-state index is 0.325. The zero-order chi connectivity index (χ0) is 33.0. The van der Waals surface area contributed by atoms with Gasteiger partial charge in [0.2, 0.25) is 0 Å². The number of aliphatic hydroxyl groups is 1. The maximum atomic E-state index is 13.9. The first-order chi connectivity index (χ1) is 17.0. The lowest BCUT2D eigenvalue weighted by atomic mass is 9.91. The maximum Gasteiger partial charge on any atom is 0.460 e. The number of rotatable bonds is 14. The summed E-state index contributed by atoms with van der Waals surface area (Å²) in [5.74, 6) is -54.1. The highest BCUT2D eigenvalue weighted by molar-refractivity contribution is 7.90. The SMILES string of the molecule is C[N+](C)(CC(=O)[O-])C(O)CCNS(=O)(=O)C(F)(F)C(F)(F)C(F)(F)C(F)(F)C(F)(F)C(F)(F)C(F)(F)C(F)(F)F. The van der Waals surface area contributed by atoms with Crippen molar-refractivity contribution in [2.24, 2.45) is 0 Å². The third kappa shape index (κ3) is 5.73. The lowest BCUT2D eigenvalue weighted by Gasteiger charge is -2.42. The first-order valence-electron chi connectivity index (χ1n) is 9.45. The highest BCUT2D eigenvalue weighted by atomic mass is 32.2. The minimum Gasteiger partial charge on any atom is -0.544 e. The molecule has 0 aliphatic heterocycles. The number of quaternary nitrogens is 1. The molecule has 25 heteroatoms. The van der Waals surface area contributed by atoms with Gasteiger partial charge in [-0.2, -0.15) is 74.6 Å². The Morgan fingerprint density at radius 1 is 0.725 bits per heavy atom. The summed E-state index contributed by atoms with van der Waals surface area (Å²) in [6.07, 6.45) is -11.3. The molecule has 0 aliphatic rings.